The molecule has 0 atom stereocenters. The molecule has 0 spiro atoms. The van der Waals surface area contributed by atoms with Crippen molar-refractivity contribution in [2.24, 2.45) is 0 Å². The van der Waals surface area contributed by atoms with Gasteiger partial charge in [0.2, 0.25) is 5.91 Å². The fourth-order valence-electron chi connectivity index (χ4n) is 1.56. The molecule has 0 bridgehead atoms. The second kappa shape index (κ2) is 4.82. The molecule has 0 saturated carbocycles. The number of aromatic nitrogens is 1. The van der Waals surface area contributed by atoms with Crippen molar-refractivity contribution in [2.75, 3.05) is 6.54 Å². The monoisotopic (exact) mass is 230 g/mol. The number of fused-ring (bicyclic) bond motifs is 1. The van der Waals surface area contributed by atoms with Crippen LogP contribution < -0.4 is 5.32 Å². The number of nitrogens with one attached hydrogen (secondary N) is 1. The highest BCUT2D eigenvalue weighted by molar-refractivity contribution is 5.76. The molecule has 1 aromatic carbocycles. The summed E-state index contributed by atoms with van der Waals surface area (Å²) in [5.41, 5.74) is 2.68. The Hall–Kier alpha value is -2.10. The number of nitrogens with zero attached hydrogens (tertiary/aromatic N) is 1. The summed E-state index contributed by atoms with van der Waals surface area (Å²) < 4.78 is 5.39. The Morgan fingerprint density at radius 3 is 3.12 bits per heavy atom. The smallest absolute Gasteiger partial charge is 0.217 e. The molecule has 0 saturated heterocycles. The zero-order valence-corrected chi connectivity index (χ0v) is 9.86. The second-order valence-electron chi connectivity index (χ2n) is 3.80. The van der Waals surface area contributed by atoms with Crippen molar-refractivity contribution in [1.82, 2.24) is 10.3 Å². The van der Waals surface area contributed by atoms with E-state index in [1.165, 1.54) is 6.92 Å². The third-order valence-electron chi connectivity index (χ3n) is 2.30. The van der Waals surface area contributed by atoms with E-state index in [2.05, 4.69) is 10.3 Å². The molecule has 2 aromatic rings. The number of benzene rings is 1. The maximum absolute atomic E-state index is 10.7. The molecule has 4 heteroatoms. The quantitative estimate of drug-likeness (QED) is 0.880. The van der Waals surface area contributed by atoms with Gasteiger partial charge in [-0.15, -0.1) is 0 Å². The van der Waals surface area contributed by atoms with Gasteiger partial charge in [0.15, 0.2) is 11.5 Å². The van der Waals surface area contributed by atoms with Crippen LogP contribution in [-0.4, -0.2) is 17.4 Å². The molecule has 1 amide bonds. The van der Waals surface area contributed by atoms with Crippen LogP contribution in [0.4, 0.5) is 0 Å². The number of carbonyl (C=O) groups is 1. The summed E-state index contributed by atoms with van der Waals surface area (Å²) in [6, 6.07) is 5.81. The minimum absolute atomic E-state index is 0.0303. The van der Waals surface area contributed by atoms with E-state index < -0.39 is 0 Å². The third-order valence-corrected chi connectivity index (χ3v) is 2.30. The molecule has 17 heavy (non-hydrogen) atoms. The minimum atomic E-state index is -0.0303. The summed E-state index contributed by atoms with van der Waals surface area (Å²) in [5.74, 6) is 0.636. The first-order valence-electron chi connectivity index (χ1n) is 5.43. The van der Waals surface area contributed by atoms with Crippen molar-refractivity contribution in [3.8, 4) is 0 Å². The predicted molar refractivity (Wildman–Crippen MR) is 66.5 cm³/mol. The van der Waals surface area contributed by atoms with Crippen LogP contribution in [0.25, 0.3) is 17.2 Å². The lowest BCUT2D eigenvalue weighted by Crippen LogP contribution is -2.19. The van der Waals surface area contributed by atoms with Crippen LogP contribution in [0.15, 0.2) is 28.7 Å². The maximum atomic E-state index is 10.7. The van der Waals surface area contributed by atoms with E-state index in [9.17, 15) is 4.79 Å². The zero-order chi connectivity index (χ0) is 12.3. The van der Waals surface area contributed by atoms with Crippen LogP contribution in [0, 0.1) is 6.92 Å². The topological polar surface area (TPSA) is 55.1 Å². The molecule has 0 aliphatic rings. The number of rotatable bonds is 3. The standard InChI is InChI=1S/C13H14N2O2/c1-9(16)14-7-3-4-11-5-6-13-12(8-11)15-10(2)17-13/h3-6,8H,7H2,1-2H3,(H,14,16). The lowest BCUT2D eigenvalue weighted by Gasteiger charge is -1.95. The number of hydrogen-bond acceptors (Lipinski definition) is 3. The molecule has 1 aromatic heterocycles. The van der Waals surface area contributed by atoms with Crippen molar-refractivity contribution in [3.05, 3.63) is 35.7 Å². The highest BCUT2D eigenvalue weighted by atomic mass is 16.3. The number of hydrogen-bond donors (Lipinski definition) is 1. The molecule has 1 heterocycles. The van der Waals surface area contributed by atoms with Crippen molar-refractivity contribution < 1.29 is 9.21 Å². The number of oxazole rings is 1. The molecule has 0 aliphatic heterocycles. The van der Waals surface area contributed by atoms with Gasteiger partial charge in [0.1, 0.15) is 5.52 Å². The molecule has 0 radical (unpaired) electrons. The van der Waals surface area contributed by atoms with E-state index in [4.69, 9.17) is 4.42 Å². The molecule has 0 fully saturated rings. The highest BCUT2D eigenvalue weighted by Gasteiger charge is 2.01. The van der Waals surface area contributed by atoms with Crippen LogP contribution in [0.1, 0.15) is 18.4 Å². The van der Waals surface area contributed by atoms with Crippen molar-refractivity contribution >= 4 is 23.1 Å². The van der Waals surface area contributed by atoms with Crippen LogP contribution in [-0.2, 0) is 4.79 Å². The molecule has 88 valence electrons. The number of amides is 1. The Morgan fingerprint density at radius 2 is 2.35 bits per heavy atom. The Kier molecular flexibility index (Phi) is 3.23. The van der Waals surface area contributed by atoms with Crippen molar-refractivity contribution in [2.45, 2.75) is 13.8 Å². The largest absolute Gasteiger partial charge is 0.441 e. The van der Waals surface area contributed by atoms with E-state index >= 15 is 0 Å². The van der Waals surface area contributed by atoms with Crippen LogP contribution in [0.3, 0.4) is 0 Å². The van der Waals surface area contributed by atoms with E-state index in [0.29, 0.717) is 12.4 Å². The fourth-order valence-corrected chi connectivity index (χ4v) is 1.56. The van der Waals surface area contributed by atoms with E-state index in [1.54, 1.807) is 0 Å². The van der Waals surface area contributed by atoms with Crippen molar-refractivity contribution in [1.29, 1.82) is 0 Å². The summed E-state index contributed by atoms with van der Waals surface area (Å²) in [5, 5.41) is 2.70. The van der Waals surface area contributed by atoms with Crippen LogP contribution in [0.5, 0.6) is 0 Å². The summed E-state index contributed by atoms with van der Waals surface area (Å²) >= 11 is 0. The van der Waals surface area contributed by atoms with Crippen LogP contribution in [0.2, 0.25) is 0 Å². The zero-order valence-electron chi connectivity index (χ0n) is 9.86. The lowest BCUT2D eigenvalue weighted by molar-refractivity contribution is -0.118. The first kappa shape index (κ1) is 11.4. The summed E-state index contributed by atoms with van der Waals surface area (Å²) in [7, 11) is 0. The van der Waals surface area contributed by atoms with Gasteiger partial charge in [0.05, 0.1) is 0 Å². The van der Waals surface area contributed by atoms with Gasteiger partial charge < -0.3 is 9.73 Å². The third kappa shape index (κ3) is 2.93. The van der Waals surface area contributed by atoms with Gasteiger partial charge in [-0.1, -0.05) is 18.2 Å². The van der Waals surface area contributed by atoms with Gasteiger partial charge in [0.25, 0.3) is 0 Å². The maximum Gasteiger partial charge on any atom is 0.217 e. The molecule has 1 N–H and O–H groups in total. The fraction of sp³-hybridized carbons (Fsp3) is 0.231. The molecular formula is C13H14N2O2. The van der Waals surface area contributed by atoms with Crippen molar-refractivity contribution in [3.63, 3.8) is 0 Å². The Morgan fingerprint density at radius 1 is 1.53 bits per heavy atom. The predicted octanol–water partition coefficient (Wildman–Crippen LogP) is 2.29. The molecular weight excluding hydrogens is 216 g/mol. The average molecular weight is 230 g/mol. The van der Waals surface area contributed by atoms with Gasteiger partial charge in [-0.25, -0.2) is 4.98 Å². The number of aryl methyl sites for hydroxylation is 1. The van der Waals surface area contributed by atoms with Gasteiger partial charge >= 0.3 is 0 Å². The lowest BCUT2D eigenvalue weighted by atomic mass is 10.2. The summed E-state index contributed by atoms with van der Waals surface area (Å²) in [6.45, 7) is 3.86. The summed E-state index contributed by atoms with van der Waals surface area (Å²) in [4.78, 5) is 14.9. The molecule has 0 aliphatic carbocycles. The average Bonchev–Trinajstić information content (AvgIpc) is 2.63. The van der Waals surface area contributed by atoms with Gasteiger partial charge in [-0.2, -0.15) is 0 Å². The van der Waals surface area contributed by atoms with Crippen LogP contribution >= 0.6 is 0 Å². The second-order valence-corrected chi connectivity index (χ2v) is 3.80. The highest BCUT2D eigenvalue weighted by Crippen LogP contribution is 2.17. The molecule has 2 rings (SSSR count). The Balaban J connectivity index is 2.10. The van der Waals surface area contributed by atoms with E-state index in [-0.39, 0.29) is 5.91 Å². The van der Waals surface area contributed by atoms with E-state index in [0.717, 1.165) is 16.7 Å². The number of carbonyl (C=O) groups excluding carboxylic acids is 1. The molecule has 4 nitrogen and oxygen atoms in total. The summed E-state index contributed by atoms with van der Waals surface area (Å²) in [6.07, 6.45) is 3.84. The van der Waals surface area contributed by atoms with E-state index in [1.807, 2.05) is 37.3 Å². The first-order chi connectivity index (χ1) is 8.15. The van der Waals surface area contributed by atoms with Gasteiger partial charge in [-0.05, 0) is 17.7 Å². The minimum Gasteiger partial charge on any atom is -0.441 e. The van der Waals surface area contributed by atoms with Gasteiger partial charge in [-0.3, -0.25) is 4.79 Å². The SMILES string of the molecule is CC(=O)NCC=Cc1ccc2oc(C)nc2c1. The molecule has 0 unspecified atom stereocenters. The Bertz CT molecular complexity index is 570. The van der Waals surface area contributed by atoms with Gasteiger partial charge in [0, 0.05) is 20.4 Å². The normalized spacial score (nSPS) is 11.2. The Labute approximate surface area is 99.3 Å². The first-order valence-corrected chi connectivity index (χ1v) is 5.43.